The molecule has 1 unspecified atom stereocenters. The molecule has 0 aliphatic rings. The summed E-state index contributed by atoms with van der Waals surface area (Å²) in [7, 11) is 0. The van der Waals surface area contributed by atoms with Crippen LogP contribution < -0.4 is 0 Å². The van der Waals surface area contributed by atoms with Gasteiger partial charge >= 0.3 is 5.97 Å². The molecule has 0 aromatic carbocycles. The van der Waals surface area contributed by atoms with Crippen LogP contribution in [-0.4, -0.2) is 17.9 Å². The van der Waals surface area contributed by atoms with Gasteiger partial charge in [0.2, 0.25) is 0 Å². The fourth-order valence-electron chi connectivity index (χ4n) is 1.05. The Kier molecular flexibility index (Phi) is 6.44. The predicted molar refractivity (Wildman–Crippen MR) is 53.4 cm³/mol. The number of ether oxygens (including phenoxy) is 1. The van der Waals surface area contributed by atoms with E-state index < -0.39 is 0 Å². The molecule has 0 spiro atoms. The fraction of sp³-hybridized carbons (Fsp3) is 0.889. The highest BCUT2D eigenvalue weighted by Gasteiger charge is 2.16. The van der Waals surface area contributed by atoms with Gasteiger partial charge in [0, 0.05) is 5.33 Å². The summed E-state index contributed by atoms with van der Waals surface area (Å²) in [5.74, 6) is 0.479. The molecule has 0 radical (unpaired) electrons. The summed E-state index contributed by atoms with van der Waals surface area (Å²) in [5.41, 5.74) is 0. The molecule has 0 bridgehead atoms. The number of hydrogen-bond acceptors (Lipinski definition) is 2. The Morgan fingerprint density at radius 2 is 2.08 bits per heavy atom. The van der Waals surface area contributed by atoms with Crippen LogP contribution in [-0.2, 0) is 9.53 Å². The van der Waals surface area contributed by atoms with Crippen molar-refractivity contribution < 1.29 is 9.53 Å². The number of rotatable bonds is 5. The van der Waals surface area contributed by atoms with E-state index in [9.17, 15) is 4.79 Å². The maximum Gasteiger partial charge on any atom is 0.308 e. The Balaban J connectivity index is 3.70. The molecule has 0 rings (SSSR count). The summed E-state index contributed by atoms with van der Waals surface area (Å²) in [5, 5.41) is 0.941. The Hall–Kier alpha value is -0.0500. The second-order valence-corrected chi connectivity index (χ2v) is 3.80. The molecule has 0 aromatic heterocycles. The van der Waals surface area contributed by atoms with Crippen LogP contribution in [0.15, 0.2) is 0 Å². The van der Waals surface area contributed by atoms with Gasteiger partial charge in [-0.1, -0.05) is 29.8 Å². The van der Waals surface area contributed by atoms with Gasteiger partial charge in [-0.25, -0.2) is 0 Å². The molecule has 0 aromatic rings. The molecule has 0 aliphatic carbocycles. The van der Waals surface area contributed by atoms with Crippen LogP contribution in [0.5, 0.6) is 0 Å². The molecular weight excluding hydrogens is 220 g/mol. The Morgan fingerprint density at radius 3 is 2.50 bits per heavy atom. The number of halogens is 1. The molecule has 2 atom stereocenters. The summed E-state index contributed by atoms with van der Waals surface area (Å²) >= 11 is 3.38. The van der Waals surface area contributed by atoms with Gasteiger partial charge < -0.3 is 4.74 Å². The zero-order chi connectivity index (χ0) is 9.56. The lowest BCUT2D eigenvalue weighted by atomic mass is 9.99. The van der Waals surface area contributed by atoms with Crippen LogP contribution in [0.2, 0.25) is 0 Å². The standard InChI is InChI=1S/C9H17BrO2/c1-4-12-9(11)8(3)5-7(2)6-10/h7-8H,4-6H2,1-3H3/t7?,8-/m1/s1. The average Bonchev–Trinajstić information content (AvgIpc) is 2.04. The maximum absolute atomic E-state index is 11.2. The first-order chi connectivity index (χ1) is 5.61. The molecule has 0 aliphatic heterocycles. The fourth-order valence-corrected chi connectivity index (χ4v) is 1.31. The van der Waals surface area contributed by atoms with E-state index in [0.717, 1.165) is 11.8 Å². The highest BCUT2D eigenvalue weighted by atomic mass is 79.9. The Morgan fingerprint density at radius 1 is 1.50 bits per heavy atom. The molecule has 12 heavy (non-hydrogen) atoms. The van der Waals surface area contributed by atoms with E-state index in [-0.39, 0.29) is 11.9 Å². The highest BCUT2D eigenvalue weighted by Crippen LogP contribution is 2.14. The van der Waals surface area contributed by atoms with E-state index in [1.807, 2.05) is 13.8 Å². The number of esters is 1. The van der Waals surface area contributed by atoms with Gasteiger partial charge in [-0.3, -0.25) is 4.79 Å². The van der Waals surface area contributed by atoms with Crippen molar-refractivity contribution in [2.75, 3.05) is 11.9 Å². The summed E-state index contributed by atoms with van der Waals surface area (Å²) in [6.07, 6.45) is 0.893. The third kappa shape index (κ3) is 4.75. The van der Waals surface area contributed by atoms with Gasteiger partial charge in [0.1, 0.15) is 0 Å². The van der Waals surface area contributed by atoms with Crippen molar-refractivity contribution >= 4 is 21.9 Å². The van der Waals surface area contributed by atoms with Gasteiger partial charge in [0.05, 0.1) is 12.5 Å². The van der Waals surface area contributed by atoms with Crippen LogP contribution >= 0.6 is 15.9 Å². The van der Waals surface area contributed by atoms with Crippen LogP contribution in [0.1, 0.15) is 27.2 Å². The largest absolute Gasteiger partial charge is 0.466 e. The first kappa shape index (κ1) is 11.9. The van der Waals surface area contributed by atoms with Crippen LogP contribution in [0.3, 0.4) is 0 Å². The van der Waals surface area contributed by atoms with E-state index >= 15 is 0 Å². The minimum absolute atomic E-state index is 0.0255. The smallest absolute Gasteiger partial charge is 0.308 e. The first-order valence-corrected chi connectivity index (χ1v) is 5.46. The molecule has 0 amide bonds. The zero-order valence-corrected chi connectivity index (χ0v) is 9.56. The summed E-state index contributed by atoms with van der Waals surface area (Å²) in [6, 6.07) is 0. The van der Waals surface area contributed by atoms with Crippen molar-refractivity contribution in [2.24, 2.45) is 11.8 Å². The zero-order valence-electron chi connectivity index (χ0n) is 7.97. The lowest BCUT2D eigenvalue weighted by molar-refractivity contribution is -0.147. The summed E-state index contributed by atoms with van der Waals surface area (Å²) in [4.78, 5) is 11.2. The van der Waals surface area contributed by atoms with E-state index in [0.29, 0.717) is 12.5 Å². The van der Waals surface area contributed by atoms with Crippen molar-refractivity contribution in [1.29, 1.82) is 0 Å². The van der Waals surface area contributed by atoms with Crippen molar-refractivity contribution in [3.8, 4) is 0 Å². The average molecular weight is 237 g/mol. The molecule has 72 valence electrons. The number of carbonyl (C=O) groups is 1. The van der Waals surface area contributed by atoms with E-state index in [1.54, 1.807) is 0 Å². The van der Waals surface area contributed by atoms with Crippen molar-refractivity contribution in [3.05, 3.63) is 0 Å². The minimum atomic E-state index is -0.0784. The summed E-state index contributed by atoms with van der Waals surface area (Å²) in [6.45, 7) is 6.34. The lowest BCUT2D eigenvalue weighted by Gasteiger charge is -2.13. The molecule has 0 N–H and O–H groups in total. The molecule has 0 fully saturated rings. The van der Waals surface area contributed by atoms with Crippen molar-refractivity contribution in [3.63, 3.8) is 0 Å². The monoisotopic (exact) mass is 236 g/mol. The van der Waals surface area contributed by atoms with Crippen molar-refractivity contribution in [1.82, 2.24) is 0 Å². The molecular formula is C9H17BrO2. The topological polar surface area (TPSA) is 26.3 Å². The van der Waals surface area contributed by atoms with Crippen molar-refractivity contribution in [2.45, 2.75) is 27.2 Å². The third-order valence-electron chi connectivity index (χ3n) is 1.71. The van der Waals surface area contributed by atoms with Gasteiger partial charge in [0.25, 0.3) is 0 Å². The normalized spacial score (nSPS) is 15.3. The molecule has 0 saturated carbocycles. The third-order valence-corrected chi connectivity index (χ3v) is 2.81. The molecule has 2 nitrogen and oxygen atoms in total. The second-order valence-electron chi connectivity index (χ2n) is 3.15. The molecule has 3 heteroatoms. The minimum Gasteiger partial charge on any atom is -0.466 e. The van der Waals surface area contributed by atoms with E-state index in [1.165, 1.54) is 0 Å². The first-order valence-electron chi connectivity index (χ1n) is 4.34. The SMILES string of the molecule is CCOC(=O)[C@H](C)CC(C)CBr. The molecule has 0 saturated heterocycles. The number of alkyl halides is 1. The van der Waals surface area contributed by atoms with Crippen LogP contribution in [0.4, 0.5) is 0 Å². The molecule has 0 heterocycles. The van der Waals surface area contributed by atoms with Gasteiger partial charge in [0.15, 0.2) is 0 Å². The predicted octanol–water partition coefficient (Wildman–Crippen LogP) is 2.61. The van der Waals surface area contributed by atoms with Crippen LogP contribution in [0, 0.1) is 11.8 Å². The van der Waals surface area contributed by atoms with E-state index in [4.69, 9.17) is 4.74 Å². The lowest BCUT2D eigenvalue weighted by Crippen LogP contribution is -2.17. The Bertz CT molecular complexity index is 136. The van der Waals surface area contributed by atoms with E-state index in [2.05, 4.69) is 22.9 Å². The number of hydrogen-bond donors (Lipinski definition) is 0. The van der Waals surface area contributed by atoms with Crippen LogP contribution in [0.25, 0.3) is 0 Å². The quantitative estimate of drug-likeness (QED) is 0.542. The number of carbonyl (C=O) groups excluding carboxylic acids is 1. The van der Waals surface area contributed by atoms with Gasteiger partial charge in [-0.15, -0.1) is 0 Å². The highest BCUT2D eigenvalue weighted by molar-refractivity contribution is 9.09. The van der Waals surface area contributed by atoms with Gasteiger partial charge in [-0.2, -0.15) is 0 Å². The second kappa shape index (κ2) is 6.46. The summed E-state index contributed by atoms with van der Waals surface area (Å²) < 4.78 is 4.89. The maximum atomic E-state index is 11.2. The Labute approximate surface area is 82.8 Å². The van der Waals surface area contributed by atoms with Gasteiger partial charge in [-0.05, 0) is 19.3 Å².